The Morgan fingerprint density at radius 1 is 1.12 bits per heavy atom. The van der Waals surface area contributed by atoms with E-state index in [1.54, 1.807) is 12.1 Å². The number of nitrogens with zero attached hydrogens (tertiary/aromatic N) is 1. The highest BCUT2D eigenvalue weighted by atomic mass is 16.4. The first kappa shape index (κ1) is 17.8. The Hall–Kier alpha value is -2.57. The summed E-state index contributed by atoms with van der Waals surface area (Å²) in [5.74, 6) is 5.55. The molecule has 3 heteroatoms. The van der Waals surface area contributed by atoms with Crippen molar-refractivity contribution >= 4 is 5.97 Å². The van der Waals surface area contributed by atoms with Crippen LogP contribution in [0.1, 0.15) is 41.8 Å². The number of hydrogen-bond acceptors (Lipinski definition) is 2. The average molecular weight is 321 g/mol. The zero-order valence-electron chi connectivity index (χ0n) is 14.2. The summed E-state index contributed by atoms with van der Waals surface area (Å²) in [6.07, 6.45) is 1.04. The number of carboxylic acid groups (broad SMARTS) is 1. The van der Waals surface area contributed by atoms with Crippen LogP contribution in [-0.4, -0.2) is 28.6 Å². The van der Waals surface area contributed by atoms with Crippen molar-refractivity contribution in [2.75, 3.05) is 6.54 Å². The Bertz CT molecular complexity index is 711. The lowest BCUT2D eigenvalue weighted by Crippen LogP contribution is -2.32. The molecule has 0 heterocycles. The van der Waals surface area contributed by atoms with Gasteiger partial charge in [-0.15, -0.1) is 0 Å². The lowest BCUT2D eigenvalue weighted by atomic mass is 10.1. The number of rotatable bonds is 6. The van der Waals surface area contributed by atoms with E-state index < -0.39 is 5.97 Å². The van der Waals surface area contributed by atoms with Gasteiger partial charge in [0.1, 0.15) is 0 Å². The van der Waals surface area contributed by atoms with Gasteiger partial charge in [-0.25, -0.2) is 4.79 Å². The highest BCUT2D eigenvalue weighted by Gasteiger charge is 2.12. The van der Waals surface area contributed by atoms with Crippen LogP contribution in [0.25, 0.3) is 0 Å². The zero-order valence-corrected chi connectivity index (χ0v) is 14.2. The molecule has 124 valence electrons. The van der Waals surface area contributed by atoms with Gasteiger partial charge in [0.15, 0.2) is 0 Å². The van der Waals surface area contributed by atoms with Crippen LogP contribution in [0.15, 0.2) is 54.6 Å². The molecule has 0 aliphatic rings. The first-order valence-corrected chi connectivity index (χ1v) is 8.20. The van der Waals surface area contributed by atoms with Gasteiger partial charge in [-0.1, -0.05) is 49.1 Å². The molecular weight excluding hydrogens is 298 g/mol. The fourth-order valence-electron chi connectivity index (χ4n) is 2.38. The molecule has 0 bridgehead atoms. The van der Waals surface area contributed by atoms with Crippen molar-refractivity contribution in [2.45, 2.75) is 32.9 Å². The van der Waals surface area contributed by atoms with Crippen LogP contribution >= 0.6 is 0 Å². The molecule has 1 N–H and O–H groups in total. The number of benzene rings is 2. The normalized spacial score (nSPS) is 11.6. The van der Waals surface area contributed by atoms with Crippen LogP contribution in [-0.2, 0) is 6.54 Å². The van der Waals surface area contributed by atoms with E-state index in [-0.39, 0.29) is 0 Å². The summed E-state index contributed by atoms with van der Waals surface area (Å²) in [6, 6.07) is 17.4. The van der Waals surface area contributed by atoms with Gasteiger partial charge >= 0.3 is 5.97 Å². The molecule has 0 aliphatic carbocycles. The van der Waals surface area contributed by atoms with Crippen LogP contribution < -0.4 is 0 Å². The second-order valence-corrected chi connectivity index (χ2v) is 5.83. The summed E-state index contributed by atoms with van der Waals surface area (Å²) in [6.45, 7) is 5.80. The maximum Gasteiger partial charge on any atom is 0.335 e. The third-order valence-electron chi connectivity index (χ3n) is 4.09. The second-order valence-electron chi connectivity index (χ2n) is 5.83. The van der Waals surface area contributed by atoms with E-state index in [1.165, 1.54) is 0 Å². The molecular formula is C21H23NO2. The van der Waals surface area contributed by atoms with Crippen LogP contribution in [0, 0.1) is 11.8 Å². The van der Waals surface area contributed by atoms with Crippen molar-refractivity contribution in [1.82, 2.24) is 4.90 Å². The van der Waals surface area contributed by atoms with Crippen LogP contribution in [0.3, 0.4) is 0 Å². The van der Waals surface area contributed by atoms with Gasteiger partial charge in [0, 0.05) is 18.2 Å². The number of carboxylic acids is 1. The summed E-state index contributed by atoms with van der Waals surface area (Å²) in [5, 5.41) is 8.98. The number of carbonyl (C=O) groups is 1. The SMILES string of the molecule is CCC(C)N(CC#Cc1ccccc1)Cc1ccc(C(=O)O)cc1. The van der Waals surface area contributed by atoms with Gasteiger partial charge < -0.3 is 5.11 Å². The maximum absolute atomic E-state index is 10.9. The Balaban J connectivity index is 2.05. The molecule has 0 fully saturated rings. The van der Waals surface area contributed by atoms with Crippen LogP contribution in [0.4, 0.5) is 0 Å². The van der Waals surface area contributed by atoms with Crippen molar-refractivity contribution in [3.63, 3.8) is 0 Å². The summed E-state index contributed by atoms with van der Waals surface area (Å²) >= 11 is 0. The topological polar surface area (TPSA) is 40.5 Å². The van der Waals surface area contributed by atoms with E-state index in [0.717, 1.165) is 24.1 Å². The van der Waals surface area contributed by atoms with E-state index >= 15 is 0 Å². The fraction of sp³-hybridized carbons (Fsp3) is 0.286. The number of hydrogen-bond donors (Lipinski definition) is 1. The molecule has 0 spiro atoms. The molecule has 2 rings (SSSR count). The van der Waals surface area contributed by atoms with E-state index in [0.29, 0.717) is 18.2 Å². The minimum Gasteiger partial charge on any atom is -0.478 e. The highest BCUT2D eigenvalue weighted by Crippen LogP contribution is 2.12. The Labute approximate surface area is 143 Å². The van der Waals surface area contributed by atoms with Crippen LogP contribution in [0.2, 0.25) is 0 Å². The lowest BCUT2D eigenvalue weighted by Gasteiger charge is -2.26. The first-order valence-electron chi connectivity index (χ1n) is 8.20. The monoisotopic (exact) mass is 321 g/mol. The lowest BCUT2D eigenvalue weighted by molar-refractivity contribution is 0.0697. The molecule has 24 heavy (non-hydrogen) atoms. The molecule has 1 atom stereocenters. The quantitative estimate of drug-likeness (QED) is 0.816. The largest absolute Gasteiger partial charge is 0.478 e. The molecule has 2 aromatic carbocycles. The molecule has 0 saturated heterocycles. The molecule has 2 aromatic rings. The molecule has 0 aliphatic heterocycles. The Morgan fingerprint density at radius 3 is 2.38 bits per heavy atom. The van der Waals surface area contributed by atoms with E-state index in [9.17, 15) is 4.79 Å². The average Bonchev–Trinajstić information content (AvgIpc) is 2.61. The second kappa shape index (κ2) is 8.90. The summed E-state index contributed by atoms with van der Waals surface area (Å²) in [5.41, 5.74) is 2.44. The zero-order chi connectivity index (χ0) is 17.4. The van der Waals surface area contributed by atoms with E-state index in [2.05, 4.69) is 30.6 Å². The van der Waals surface area contributed by atoms with Gasteiger partial charge in [-0.05, 0) is 43.2 Å². The van der Waals surface area contributed by atoms with Gasteiger partial charge in [0.05, 0.1) is 12.1 Å². The van der Waals surface area contributed by atoms with Gasteiger partial charge in [-0.2, -0.15) is 0 Å². The minimum atomic E-state index is -0.894. The standard InChI is InChI=1S/C21H23NO2/c1-3-17(2)22(15-7-10-18-8-5-4-6-9-18)16-19-11-13-20(14-12-19)21(23)24/h4-6,8-9,11-14,17H,3,15-16H2,1-2H3,(H,23,24). The minimum absolute atomic E-state index is 0.317. The molecule has 3 nitrogen and oxygen atoms in total. The van der Waals surface area contributed by atoms with E-state index in [4.69, 9.17) is 5.11 Å². The Morgan fingerprint density at radius 2 is 1.79 bits per heavy atom. The highest BCUT2D eigenvalue weighted by molar-refractivity contribution is 5.87. The predicted octanol–water partition coefficient (Wildman–Crippen LogP) is 4.04. The van der Waals surface area contributed by atoms with Crippen molar-refractivity contribution in [3.8, 4) is 11.8 Å². The molecule has 0 amide bonds. The van der Waals surface area contributed by atoms with E-state index in [1.807, 2.05) is 42.5 Å². The molecule has 0 radical (unpaired) electrons. The Kier molecular flexibility index (Phi) is 6.60. The third-order valence-corrected chi connectivity index (χ3v) is 4.09. The number of aromatic carboxylic acids is 1. The van der Waals surface area contributed by atoms with Gasteiger partial charge in [0.2, 0.25) is 0 Å². The summed E-state index contributed by atoms with van der Waals surface area (Å²) in [4.78, 5) is 13.2. The fourth-order valence-corrected chi connectivity index (χ4v) is 2.38. The van der Waals surface area contributed by atoms with Gasteiger partial charge in [0.25, 0.3) is 0 Å². The third kappa shape index (κ3) is 5.26. The predicted molar refractivity (Wildman–Crippen MR) is 96.9 cm³/mol. The van der Waals surface area contributed by atoms with Crippen molar-refractivity contribution < 1.29 is 9.90 Å². The molecule has 0 aromatic heterocycles. The molecule has 1 unspecified atom stereocenters. The summed E-state index contributed by atoms with van der Waals surface area (Å²) in [7, 11) is 0. The van der Waals surface area contributed by atoms with Crippen molar-refractivity contribution in [3.05, 3.63) is 71.3 Å². The smallest absolute Gasteiger partial charge is 0.335 e. The van der Waals surface area contributed by atoms with Crippen LogP contribution in [0.5, 0.6) is 0 Å². The molecule has 0 saturated carbocycles. The van der Waals surface area contributed by atoms with Crippen molar-refractivity contribution in [1.29, 1.82) is 0 Å². The first-order chi connectivity index (χ1) is 11.6. The van der Waals surface area contributed by atoms with Gasteiger partial charge in [-0.3, -0.25) is 4.90 Å². The van der Waals surface area contributed by atoms with Crippen molar-refractivity contribution in [2.24, 2.45) is 0 Å². The summed E-state index contributed by atoms with van der Waals surface area (Å²) < 4.78 is 0. The maximum atomic E-state index is 10.9.